The average molecular weight is 599 g/mol. The molecule has 2 nitrogen and oxygen atoms in total. The largest absolute Gasteiger partial charge is 0.490 e. The fourth-order valence-electron chi connectivity index (χ4n) is 5.31. The second-order valence-corrected chi connectivity index (χ2v) is 11.1. The molecule has 0 radical (unpaired) electrons. The topological polar surface area (TPSA) is 18.5 Å². The molecule has 0 saturated heterocycles. The van der Waals surface area contributed by atoms with Gasteiger partial charge >= 0.3 is 0 Å². The molecule has 0 heterocycles. The van der Waals surface area contributed by atoms with Crippen LogP contribution in [0, 0.1) is 11.7 Å². The van der Waals surface area contributed by atoms with E-state index in [4.69, 9.17) is 9.47 Å². The minimum absolute atomic E-state index is 0.0116. The lowest BCUT2D eigenvalue weighted by Gasteiger charge is -2.27. The van der Waals surface area contributed by atoms with E-state index < -0.39 is 30.5 Å². The van der Waals surface area contributed by atoms with Gasteiger partial charge in [0.1, 0.15) is 0 Å². The maximum absolute atomic E-state index is 14.8. The molecule has 0 aliphatic heterocycles. The van der Waals surface area contributed by atoms with Crippen LogP contribution < -0.4 is 4.74 Å². The van der Waals surface area contributed by atoms with Crippen molar-refractivity contribution in [1.82, 2.24) is 0 Å². The average Bonchev–Trinajstić information content (AvgIpc) is 3.01. The fraction of sp³-hybridized carbons (Fsp3) is 0.389. The number of ether oxygens (including phenoxy) is 2. The van der Waals surface area contributed by atoms with E-state index >= 15 is 0 Å². The van der Waals surface area contributed by atoms with Gasteiger partial charge in [-0.25, -0.2) is 22.0 Å². The van der Waals surface area contributed by atoms with Crippen LogP contribution in [0.4, 0.5) is 22.0 Å². The first-order valence-corrected chi connectivity index (χ1v) is 14.8. The normalized spacial score (nSPS) is 17.4. The van der Waals surface area contributed by atoms with Gasteiger partial charge in [-0.05, 0) is 73.3 Å². The van der Waals surface area contributed by atoms with Gasteiger partial charge < -0.3 is 9.47 Å². The van der Waals surface area contributed by atoms with Crippen molar-refractivity contribution in [3.63, 3.8) is 0 Å². The first kappa shape index (κ1) is 32.5. The number of rotatable bonds is 15. The first-order chi connectivity index (χ1) is 20.6. The molecule has 0 N–H and O–H groups in total. The van der Waals surface area contributed by atoms with Crippen molar-refractivity contribution in [3.8, 4) is 16.9 Å². The summed E-state index contributed by atoms with van der Waals surface area (Å²) in [5, 5.41) is 0. The molecule has 4 rings (SSSR count). The van der Waals surface area contributed by atoms with E-state index in [-0.39, 0.29) is 36.2 Å². The lowest BCUT2D eigenvalue weighted by Crippen LogP contribution is -2.24. The number of hydrogen-bond acceptors (Lipinski definition) is 2. The molecule has 3 aromatic rings. The zero-order valence-corrected chi connectivity index (χ0v) is 24.4. The highest BCUT2D eigenvalue weighted by Crippen LogP contribution is 2.36. The lowest BCUT2D eigenvalue weighted by molar-refractivity contribution is -0.0588. The van der Waals surface area contributed by atoms with Crippen LogP contribution in [0.2, 0.25) is 0 Å². The van der Waals surface area contributed by atoms with Crippen molar-refractivity contribution in [2.24, 2.45) is 5.92 Å². The minimum atomic E-state index is -3.13. The predicted molar refractivity (Wildman–Crippen MR) is 161 cm³/mol. The SMILES string of the molecule is C=CCCc1ccc(C(F)(F)CCOc2ccc(-c3ccc(C(F)(F)CCOC4CCC(C=C)CC4)cc3)cc2F)cc1. The second-order valence-electron chi connectivity index (χ2n) is 11.1. The van der Waals surface area contributed by atoms with Gasteiger partial charge in [0.15, 0.2) is 11.6 Å². The van der Waals surface area contributed by atoms with Crippen molar-refractivity contribution >= 4 is 0 Å². The van der Waals surface area contributed by atoms with Crippen molar-refractivity contribution < 1.29 is 31.4 Å². The Labute approximate surface area is 251 Å². The third-order valence-corrected chi connectivity index (χ3v) is 8.08. The molecule has 3 aromatic carbocycles. The summed E-state index contributed by atoms with van der Waals surface area (Å²) in [6.45, 7) is 7.06. The summed E-state index contributed by atoms with van der Waals surface area (Å²) in [4.78, 5) is 0. The number of alkyl halides is 4. The summed E-state index contributed by atoms with van der Waals surface area (Å²) < 4.78 is 84.8. The first-order valence-electron chi connectivity index (χ1n) is 14.8. The van der Waals surface area contributed by atoms with Crippen molar-refractivity contribution in [2.45, 2.75) is 69.3 Å². The van der Waals surface area contributed by atoms with Gasteiger partial charge in [0.05, 0.1) is 19.3 Å². The Morgan fingerprint density at radius 1 is 0.744 bits per heavy atom. The summed E-state index contributed by atoms with van der Waals surface area (Å²) in [5.74, 6) is -6.58. The molecule has 1 aliphatic carbocycles. The van der Waals surface area contributed by atoms with Crippen LogP contribution in [0.3, 0.4) is 0 Å². The van der Waals surface area contributed by atoms with Gasteiger partial charge in [-0.2, -0.15) is 0 Å². The van der Waals surface area contributed by atoms with Crippen LogP contribution in [0.5, 0.6) is 5.75 Å². The lowest BCUT2D eigenvalue weighted by atomic mass is 9.87. The molecule has 1 saturated carbocycles. The summed E-state index contributed by atoms with van der Waals surface area (Å²) >= 11 is 0. The number of halogens is 5. The standard InChI is InChI=1S/C36H39F5O2/c1-3-5-6-27-7-14-30(15-8-27)36(40,41)22-24-43-34-20-13-29(25-33(34)37)28-11-16-31(17-12-28)35(38,39)21-23-42-32-18-9-26(4-2)10-19-32/h3-4,7-8,11-17,20,25-26,32H,1-2,5-6,9-10,18-19,21-24H2. The molecule has 0 unspecified atom stereocenters. The maximum atomic E-state index is 14.8. The monoisotopic (exact) mass is 598 g/mol. The highest BCUT2D eigenvalue weighted by atomic mass is 19.3. The molecule has 1 fully saturated rings. The van der Waals surface area contributed by atoms with Crippen LogP contribution in [0.1, 0.15) is 61.6 Å². The Hall–Kier alpha value is -3.45. The molecule has 0 spiro atoms. The van der Waals surface area contributed by atoms with Gasteiger partial charge in [-0.3, -0.25) is 0 Å². The molecular weight excluding hydrogens is 559 g/mol. The summed E-state index contributed by atoms with van der Waals surface area (Å²) in [5.41, 5.74) is 1.69. The highest BCUT2D eigenvalue weighted by molar-refractivity contribution is 5.64. The summed E-state index contributed by atoms with van der Waals surface area (Å²) in [6, 6.07) is 16.0. The Balaban J connectivity index is 1.27. The van der Waals surface area contributed by atoms with E-state index in [0.29, 0.717) is 17.0 Å². The Morgan fingerprint density at radius 2 is 1.33 bits per heavy atom. The molecule has 1 aliphatic rings. The van der Waals surface area contributed by atoms with E-state index in [2.05, 4.69) is 13.2 Å². The van der Waals surface area contributed by atoms with Gasteiger partial charge in [-0.1, -0.05) is 66.7 Å². The van der Waals surface area contributed by atoms with Gasteiger partial charge in [-0.15, -0.1) is 13.2 Å². The van der Waals surface area contributed by atoms with Crippen molar-refractivity contribution in [3.05, 3.63) is 115 Å². The van der Waals surface area contributed by atoms with E-state index in [0.717, 1.165) is 44.1 Å². The second kappa shape index (κ2) is 14.8. The molecule has 7 heteroatoms. The highest BCUT2D eigenvalue weighted by Gasteiger charge is 2.33. The quantitative estimate of drug-likeness (QED) is 0.128. The van der Waals surface area contributed by atoms with Crippen LogP contribution in [0.25, 0.3) is 11.1 Å². The van der Waals surface area contributed by atoms with Gasteiger partial charge in [0, 0.05) is 24.0 Å². The zero-order valence-electron chi connectivity index (χ0n) is 24.4. The van der Waals surface area contributed by atoms with E-state index in [9.17, 15) is 22.0 Å². The smallest absolute Gasteiger partial charge is 0.276 e. The number of hydrogen-bond donors (Lipinski definition) is 0. The van der Waals surface area contributed by atoms with E-state index in [1.165, 1.54) is 48.5 Å². The van der Waals surface area contributed by atoms with Crippen molar-refractivity contribution in [1.29, 1.82) is 0 Å². The third kappa shape index (κ3) is 9.02. The maximum Gasteiger partial charge on any atom is 0.276 e. The molecular formula is C36H39F5O2. The van der Waals surface area contributed by atoms with Crippen LogP contribution in [0.15, 0.2) is 92.0 Å². The Morgan fingerprint density at radius 3 is 1.91 bits per heavy atom. The van der Waals surface area contributed by atoms with Crippen molar-refractivity contribution in [2.75, 3.05) is 13.2 Å². The minimum Gasteiger partial charge on any atom is -0.490 e. The Bertz CT molecular complexity index is 1330. The summed E-state index contributed by atoms with van der Waals surface area (Å²) in [7, 11) is 0. The van der Waals surface area contributed by atoms with Gasteiger partial charge in [0.2, 0.25) is 0 Å². The molecule has 0 bridgehead atoms. The summed E-state index contributed by atoms with van der Waals surface area (Å²) in [6.07, 6.45) is 7.86. The Kier molecular flexibility index (Phi) is 11.2. The third-order valence-electron chi connectivity index (χ3n) is 8.08. The van der Waals surface area contributed by atoms with Crippen LogP contribution >= 0.6 is 0 Å². The molecule has 0 aromatic heterocycles. The number of aryl methyl sites for hydroxylation is 1. The number of allylic oxidation sites excluding steroid dienone is 2. The predicted octanol–water partition coefficient (Wildman–Crippen LogP) is 10.4. The molecule has 0 amide bonds. The fourth-order valence-corrected chi connectivity index (χ4v) is 5.31. The zero-order chi connectivity index (χ0) is 30.9. The molecule has 230 valence electrons. The van der Waals surface area contributed by atoms with E-state index in [1.807, 2.05) is 6.08 Å². The van der Waals surface area contributed by atoms with Crippen LogP contribution in [-0.2, 0) is 23.0 Å². The number of benzene rings is 3. The van der Waals surface area contributed by atoms with Gasteiger partial charge in [0.25, 0.3) is 11.8 Å². The molecule has 0 atom stereocenters. The van der Waals surface area contributed by atoms with E-state index in [1.54, 1.807) is 24.3 Å². The van der Waals surface area contributed by atoms with Crippen LogP contribution in [-0.4, -0.2) is 19.3 Å². The molecule has 43 heavy (non-hydrogen) atoms.